The van der Waals surface area contributed by atoms with Crippen LogP contribution in [0.1, 0.15) is 53.4 Å². The molecule has 3 heterocycles. The third kappa shape index (κ3) is 4.30. The molecule has 7 heteroatoms. The van der Waals surface area contributed by atoms with Crippen LogP contribution in [-0.4, -0.2) is 96.7 Å². The monoisotopic (exact) mass is 393 g/mol. The van der Waals surface area contributed by atoms with Gasteiger partial charge < -0.3 is 19.9 Å². The largest absolute Gasteiger partial charge is 0.381 e. The maximum absolute atomic E-state index is 12.8. The summed E-state index contributed by atoms with van der Waals surface area (Å²) in [7, 11) is 1.82. The first-order valence-electron chi connectivity index (χ1n) is 10.9. The van der Waals surface area contributed by atoms with Crippen molar-refractivity contribution < 1.29 is 9.53 Å². The first kappa shape index (κ1) is 21.4. The summed E-state index contributed by atoms with van der Waals surface area (Å²) in [5, 5.41) is 3.64. The van der Waals surface area contributed by atoms with Crippen molar-refractivity contribution in [1.82, 2.24) is 20.0 Å². The molecule has 7 nitrogen and oxygen atoms in total. The number of rotatable bonds is 4. The van der Waals surface area contributed by atoms with E-state index in [2.05, 4.69) is 47.8 Å². The zero-order valence-corrected chi connectivity index (χ0v) is 18.5. The van der Waals surface area contributed by atoms with Gasteiger partial charge in [-0.1, -0.05) is 0 Å². The molecule has 0 aromatic carbocycles. The predicted octanol–water partition coefficient (Wildman–Crippen LogP) is 1.54. The molecule has 0 spiro atoms. The van der Waals surface area contributed by atoms with E-state index in [9.17, 15) is 4.79 Å². The molecule has 0 radical (unpaired) electrons. The van der Waals surface area contributed by atoms with Crippen LogP contribution in [0.3, 0.4) is 0 Å². The van der Waals surface area contributed by atoms with Crippen molar-refractivity contribution in [1.29, 1.82) is 0 Å². The number of nitrogens with one attached hydrogen (secondary N) is 1. The molecule has 3 saturated heterocycles. The number of guanidine groups is 1. The summed E-state index contributed by atoms with van der Waals surface area (Å²) in [5.41, 5.74) is -0.0730. The highest BCUT2D eigenvalue weighted by Crippen LogP contribution is 2.31. The lowest BCUT2D eigenvalue weighted by Gasteiger charge is -2.50. The number of piperazine rings is 1. The van der Waals surface area contributed by atoms with Gasteiger partial charge in [-0.25, -0.2) is 0 Å². The van der Waals surface area contributed by atoms with E-state index in [4.69, 9.17) is 4.74 Å². The molecule has 0 bridgehead atoms. The van der Waals surface area contributed by atoms with E-state index in [-0.39, 0.29) is 23.0 Å². The number of amides is 1. The Morgan fingerprint density at radius 1 is 1.21 bits per heavy atom. The minimum atomic E-state index is -0.216. The number of hydrogen-bond donors (Lipinski definition) is 1. The van der Waals surface area contributed by atoms with Crippen LogP contribution in [0.25, 0.3) is 0 Å². The molecule has 160 valence electrons. The van der Waals surface area contributed by atoms with Crippen LogP contribution in [0, 0.1) is 0 Å². The number of carbonyl (C=O) groups excluding carboxylic acids is 1. The van der Waals surface area contributed by atoms with Crippen molar-refractivity contribution in [2.24, 2.45) is 4.99 Å². The Hall–Kier alpha value is -1.34. The Labute approximate surface area is 170 Å². The van der Waals surface area contributed by atoms with Gasteiger partial charge in [-0.15, -0.1) is 0 Å². The highest BCUT2D eigenvalue weighted by Gasteiger charge is 2.42. The second-order valence-electron chi connectivity index (χ2n) is 9.46. The highest BCUT2D eigenvalue weighted by atomic mass is 16.5. The van der Waals surface area contributed by atoms with Gasteiger partial charge in [-0.2, -0.15) is 0 Å². The van der Waals surface area contributed by atoms with E-state index < -0.39 is 0 Å². The molecule has 0 aromatic rings. The summed E-state index contributed by atoms with van der Waals surface area (Å²) < 4.78 is 5.66. The molecule has 28 heavy (non-hydrogen) atoms. The standard InChI is InChI=1S/C21H39N5O2/c1-17(2)26-18(27)14-24(16-20(26,3)4)19(22-5)23-15-21(8-12-28-13-9-21)25-10-6-7-11-25/h17H,6-16H2,1-5H3,(H,22,23). The number of aliphatic imine (C=N–C) groups is 1. The number of nitrogens with zero attached hydrogens (tertiary/aromatic N) is 4. The number of carbonyl (C=O) groups is 1. The second kappa shape index (κ2) is 8.57. The van der Waals surface area contributed by atoms with E-state index in [0.29, 0.717) is 6.54 Å². The lowest BCUT2D eigenvalue weighted by molar-refractivity contribution is -0.145. The smallest absolute Gasteiger partial charge is 0.242 e. The fourth-order valence-corrected chi connectivity index (χ4v) is 5.44. The fraction of sp³-hybridized carbons (Fsp3) is 0.905. The first-order valence-corrected chi connectivity index (χ1v) is 10.9. The van der Waals surface area contributed by atoms with Crippen molar-refractivity contribution >= 4 is 11.9 Å². The highest BCUT2D eigenvalue weighted by molar-refractivity contribution is 5.88. The summed E-state index contributed by atoms with van der Waals surface area (Å²) in [6.45, 7) is 14.5. The topological polar surface area (TPSA) is 60.4 Å². The van der Waals surface area contributed by atoms with Crippen LogP contribution < -0.4 is 5.32 Å². The summed E-state index contributed by atoms with van der Waals surface area (Å²) in [4.78, 5) is 24.2. The Morgan fingerprint density at radius 2 is 1.86 bits per heavy atom. The van der Waals surface area contributed by atoms with Gasteiger partial charge in [0.25, 0.3) is 0 Å². The van der Waals surface area contributed by atoms with Crippen molar-refractivity contribution in [2.75, 3.05) is 53.0 Å². The summed E-state index contributed by atoms with van der Waals surface area (Å²) in [6.07, 6.45) is 4.69. The minimum Gasteiger partial charge on any atom is -0.381 e. The predicted molar refractivity (Wildman–Crippen MR) is 113 cm³/mol. The Kier molecular flexibility index (Phi) is 6.54. The van der Waals surface area contributed by atoms with Gasteiger partial charge >= 0.3 is 0 Å². The molecule has 3 aliphatic heterocycles. The van der Waals surface area contributed by atoms with Crippen molar-refractivity contribution in [3.63, 3.8) is 0 Å². The molecule has 3 fully saturated rings. The number of likely N-dealkylation sites (tertiary alicyclic amines) is 1. The molecule has 0 aromatic heterocycles. The maximum atomic E-state index is 12.8. The number of hydrogen-bond acceptors (Lipinski definition) is 4. The van der Waals surface area contributed by atoms with Gasteiger partial charge in [-0.05, 0) is 66.5 Å². The summed E-state index contributed by atoms with van der Waals surface area (Å²) >= 11 is 0. The van der Waals surface area contributed by atoms with Gasteiger partial charge in [0.05, 0.1) is 12.1 Å². The van der Waals surface area contributed by atoms with Crippen LogP contribution in [0.2, 0.25) is 0 Å². The minimum absolute atomic E-state index is 0.143. The quantitative estimate of drug-likeness (QED) is 0.580. The Bertz CT molecular complexity index is 577. The molecule has 1 N–H and O–H groups in total. The van der Waals surface area contributed by atoms with Crippen molar-refractivity contribution in [2.45, 2.75) is 70.5 Å². The van der Waals surface area contributed by atoms with Gasteiger partial charge in [-0.3, -0.25) is 14.7 Å². The van der Waals surface area contributed by atoms with E-state index in [1.165, 1.54) is 25.9 Å². The van der Waals surface area contributed by atoms with Crippen molar-refractivity contribution in [3.05, 3.63) is 0 Å². The molecule has 0 atom stereocenters. The molecular weight excluding hydrogens is 354 g/mol. The maximum Gasteiger partial charge on any atom is 0.242 e. The van der Waals surface area contributed by atoms with E-state index in [1.54, 1.807) is 0 Å². The van der Waals surface area contributed by atoms with Gasteiger partial charge in [0.1, 0.15) is 0 Å². The molecule has 0 saturated carbocycles. The molecule has 3 rings (SSSR count). The Balaban J connectivity index is 1.69. The Morgan fingerprint density at radius 3 is 2.39 bits per heavy atom. The molecule has 0 aliphatic carbocycles. The molecule has 0 unspecified atom stereocenters. The van der Waals surface area contributed by atoms with Gasteiger partial charge in [0.15, 0.2) is 5.96 Å². The van der Waals surface area contributed by atoms with Crippen LogP contribution in [-0.2, 0) is 9.53 Å². The zero-order chi connectivity index (χ0) is 20.4. The fourth-order valence-electron chi connectivity index (χ4n) is 5.44. The summed E-state index contributed by atoms with van der Waals surface area (Å²) in [5.74, 6) is 1.02. The van der Waals surface area contributed by atoms with Crippen LogP contribution >= 0.6 is 0 Å². The normalized spacial score (nSPS) is 26.2. The van der Waals surface area contributed by atoms with E-state index in [0.717, 1.165) is 45.1 Å². The molecule has 1 amide bonds. The van der Waals surface area contributed by atoms with Gasteiger partial charge in [0.2, 0.25) is 5.91 Å². The van der Waals surface area contributed by atoms with Crippen LogP contribution in [0.15, 0.2) is 4.99 Å². The van der Waals surface area contributed by atoms with Crippen LogP contribution in [0.4, 0.5) is 0 Å². The second-order valence-corrected chi connectivity index (χ2v) is 9.46. The molecule has 3 aliphatic rings. The summed E-state index contributed by atoms with van der Waals surface area (Å²) in [6, 6.07) is 0.209. The third-order valence-corrected chi connectivity index (χ3v) is 6.63. The third-order valence-electron chi connectivity index (χ3n) is 6.63. The number of ether oxygens (including phenoxy) is 1. The van der Waals surface area contributed by atoms with E-state index in [1.807, 2.05) is 11.9 Å². The van der Waals surface area contributed by atoms with Gasteiger partial charge in [0, 0.05) is 44.9 Å². The lowest BCUT2D eigenvalue weighted by atomic mass is 9.88. The van der Waals surface area contributed by atoms with Crippen LogP contribution in [0.5, 0.6) is 0 Å². The van der Waals surface area contributed by atoms with E-state index >= 15 is 0 Å². The lowest BCUT2D eigenvalue weighted by Crippen LogP contribution is -2.67. The zero-order valence-electron chi connectivity index (χ0n) is 18.5. The SMILES string of the molecule is CN=C(NCC1(N2CCCC2)CCOCC1)N1CC(=O)N(C(C)C)C(C)(C)C1. The first-order chi connectivity index (χ1) is 13.3. The average molecular weight is 394 g/mol. The average Bonchev–Trinajstić information content (AvgIpc) is 3.16. The molecular formula is C21H39N5O2. The van der Waals surface area contributed by atoms with Crippen molar-refractivity contribution in [3.8, 4) is 0 Å².